The molecular weight excluding hydrogens is 320 g/mol. The van der Waals surface area contributed by atoms with Crippen LogP contribution in [0.4, 0.5) is 0 Å². The quantitative estimate of drug-likeness (QED) is 0.191. The van der Waals surface area contributed by atoms with Crippen LogP contribution < -0.4 is 16.0 Å². The Morgan fingerprint density at radius 3 is 1.48 bits per heavy atom. The molecule has 0 aliphatic rings. The highest BCUT2D eigenvalue weighted by atomic mass is 16.4. The summed E-state index contributed by atoms with van der Waals surface area (Å²) in [6.45, 7) is 16.9. The van der Waals surface area contributed by atoms with Gasteiger partial charge in [-0.05, 0) is 48.6 Å². The molecule has 0 radical (unpaired) electrons. The Kier molecular flexibility index (Phi) is 10.8. The molecule has 0 aromatic heterocycles. The van der Waals surface area contributed by atoms with Crippen LogP contribution in [0.5, 0.6) is 0 Å². The van der Waals surface area contributed by atoms with E-state index in [1.165, 1.54) is 0 Å². The van der Waals surface area contributed by atoms with Crippen molar-refractivity contribution < 1.29 is 10.4 Å². The van der Waals surface area contributed by atoms with Gasteiger partial charge >= 0.3 is 0 Å². The Morgan fingerprint density at radius 2 is 1.16 bits per heavy atom. The van der Waals surface area contributed by atoms with Gasteiger partial charge < -0.3 is 26.4 Å². The Balaban J connectivity index is 4.47. The molecule has 0 amide bonds. The molecule has 0 saturated heterocycles. The number of hydrogen-bond acceptors (Lipinski definition) is 8. The molecule has 0 aliphatic carbocycles. The van der Waals surface area contributed by atoms with Gasteiger partial charge in [0.05, 0.1) is 22.5 Å². The molecule has 8 heteroatoms. The summed E-state index contributed by atoms with van der Waals surface area (Å²) < 4.78 is 0. The lowest BCUT2D eigenvalue weighted by Gasteiger charge is -2.30. The molecule has 25 heavy (non-hydrogen) atoms. The van der Waals surface area contributed by atoms with E-state index >= 15 is 0 Å². The molecule has 0 rings (SSSR count). The van der Waals surface area contributed by atoms with Crippen LogP contribution in [-0.2, 0) is 0 Å². The summed E-state index contributed by atoms with van der Waals surface area (Å²) in [4.78, 5) is 2.36. The first-order valence-electron chi connectivity index (χ1n) is 8.86. The fourth-order valence-electron chi connectivity index (χ4n) is 2.16. The number of rotatable bonds is 13. The van der Waals surface area contributed by atoms with Crippen molar-refractivity contribution in [2.75, 3.05) is 46.3 Å². The van der Waals surface area contributed by atoms with Gasteiger partial charge in [0, 0.05) is 39.3 Å². The summed E-state index contributed by atoms with van der Waals surface area (Å²) in [6.07, 6.45) is 0. The Morgan fingerprint density at radius 1 is 0.800 bits per heavy atom. The molecule has 0 unspecified atom stereocenters. The normalized spacial score (nSPS) is 14.4. The third-order valence-electron chi connectivity index (χ3n) is 4.78. The van der Waals surface area contributed by atoms with Gasteiger partial charge in [0.25, 0.3) is 0 Å². The molecule has 0 saturated carbocycles. The highest BCUT2D eigenvalue weighted by Crippen LogP contribution is 2.06. The Hall–Kier alpha value is -1.22. The Bertz CT molecular complexity index is 399. The predicted molar refractivity (Wildman–Crippen MR) is 104 cm³/mol. The molecule has 0 aromatic carbocycles. The molecule has 0 atom stereocenters. The lowest BCUT2D eigenvalue weighted by Crippen LogP contribution is -2.51. The van der Waals surface area contributed by atoms with Gasteiger partial charge in [-0.3, -0.25) is 4.90 Å². The second kappa shape index (κ2) is 11.4. The van der Waals surface area contributed by atoms with E-state index in [1.54, 1.807) is 0 Å². The molecule has 5 N–H and O–H groups in total. The van der Waals surface area contributed by atoms with Gasteiger partial charge in [-0.1, -0.05) is 10.3 Å². The maximum atomic E-state index is 8.95. The van der Waals surface area contributed by atoms with E-state index in [9.17, 15) is 0 Å². The standard InChI is InChI=1S/C17H38N6O2/c1-14(21-24)16(3,4)19-9-12-23(11-8-18-7)13-10-20-17(5,6)15(2)22-25/h18-20,24-25H,8-13H2,1-7H3/b21-14-,22-15+. The Labute approximate surface area is 152 Å². The molecule has 8 nitrogen and oxygen atoms in total. The number of likely N-dealkylation sites (N-methyl/N-ethyl adjacent to an activating group) is 1. The van der Waals surface area contributed by atoms with Crippen LogP contribution in [-0.4, -0.2) is 84.1 Å². The van der Waals surface area contributed by atoms with Crippen molar-refractivity contribution in [2.45, 2.75) is 52.6 Å². The van der Waals surface area contributed by atoms with Crippen LogP contribution in [0.3, 0.4) is 0 Å². The highest BCUT2D eigenvalue weighted by molar-refractivity contribution is 5.90. The first kappa shape index (κ1) is 23.8. The van der Waals surface area contributed by atoms with Gasteiger partial charge in [0.2, 0.25) is 0 Å². The van der Waals surface area contributed by atoms with Crippen LogP contribution in [0.1, 0.15) is 41.5 Å². The average Bonchev–Trinajstić information content (AvgIpc) is 2.57. The van der Waals surface area contributed by atoms with Crippen molar-refractivity contribution in [3.63, 3.8) is 0 Å². The summed E-state index contributed by atoms with van der Waals surface area (Å²) in [5.74, 6) is 0. The van der Waals surface area contributed by atoms with E-state index in [4.69, 9.17) is 10.4 Å². The fraction of sp³-hybridized carbons (Fsp3) is 0.882. The van der Waals surface area contributed by atoms with Gasteiger partial charge in [-0.25, -0.2) is 0 Å². The van der Waals surface area contributed by atoms with Crippen LogP contribution >= 0.6 is 0 Å². The van der Waals surface area contributed by atoms with Crippen molar-refractivity contribution in [1.82, 2.24) is 20.9 Å². The second-order valence-corrected chi connectivity index (χ2v) is 7.42. The zero-order chi connectivity index (χ0) is 19.5. The first-order valence-corrected chi connectivity index (χ1v) is 8.86. The minimum absolute atomic E-state index is 0.335. The van der Waals surface area contributed by atoms with Gasteiger partial charge in [-0.15, -0.1) is 0 Å². The molecule has 0 aromatic rings. The van der Waals surface area contributed by atoms with Gasteiger partial charge in [0.1, 0.15) is 0 Å². The molecule has 0 fully saturated rings. The number of nitrogens with one attached hydrogen (secondary N) is 3. The number of hydrogen-bond donors (Lipinski definition) is 5. The van der Waals surface area contributed by atoms with Crippen molar-refractivity contribution in [3.05, 3.63) is 0 Å². The van der Waals surface area contributed by atoms with Gasteiger partial charge in [0.15, 0.2) is 0 Å². The topological polar surface area (TPSA) is 105 Å². The maximum absolute atomic E-state index is 8.95. The minimum atomic E-state index is -0.335. The lowest BCUT2D eigenvalue weighted by molar-refractivity contribution is 0.259. The van der Waals surface area contributed by atoms with E-state index in [2.05, 4.69) is 31.2 Å². The predicted octanol–water partition coefficient (Wildman–Crippen LogP) is 0.944. The van der Waals surface area contributed by atoms with E-state index < -0.39 is 0 Å². The van der Waals surface area contributed by atoms with Crippen LogP contribution in [0.15, 0.2) is 10.3 Å². The summed E-state index contributed by atoms with van der Waals surface area (Å²) in [5, 5.41) is 34.5. The van der Waals surface area contributed by atoms with Crippen molar-refractivity contribution in [2.24, 2.45) is 10.3 Å². The van der Waals surface area contributed by atoms with Crippen LogP contribution in [0.25, 0.3) is 0 Å². The third-order valence-corrected chi connectivity index (χ3v) is 4.78. The largest absolute Gasteiger partial charge is 0.411 e. The fourth-order valence-corrected chi connectivity index (χ4v) is 2.16. The molecule has 0 aliphatic heterocycles. The molecule has 0 spiro atoms. The zero-order valence-corrected chi connectivity index (χ0v) is 17.0. The zero-order valence-electron chi connectivity index (χ0n) is 17.0. The van der Waals surface area contributed by atoms with Crippen molar-refractivity contribution in [1.29, 1.82) is 0 Å². The van der Waals surface area contributed by atoms with Crippen molar-refractivity contribution >= 4 is 11.4 Å². The molecule has 148 valence electrons. The smallest absolute Gasteiger partial charge is 0.0734 e. The van der Waals surface area contributed by atoms with Crippen LogP contribution in [0, 0.1) is 0 Å². The second-order valence-electron chi connectivity index (χ2n) is 7.42. The van der Waals surface area contributed by atoms with E-state index in [-0.39, 0.29) is 11.1 Å². The summed E-state index contributed by atoms with van der Waals surface area (Å²) in [7, 11) is 1.95. The lowest BCUT2D eigenvalue weighted by atomic mass is 9.99. The number of nitrogens with zero attached hydrogens (tertiary/aromatic N) is 3. The molecule has 0 bridgehead atoms. The summed E-state index contributed by atoms with van der Waals surface area (Å²) in [5.41, 5.74) is 0.657. The van der Waals surface area contributed by atoms with Crippen molar-refractivity contribution in [3.8, 4) is 0 Å². The molecular formula is C17H38N6O2. The van der Waals surface area contributed by atoms with E-state index in [1.807, 2.05) is 48.6 Å². The van der Waals surface area contributed by atoms with E-state index in [0.29, 0.717) is 11.4 Å². The average molecular weight is 359 g/mol. The highest BCUT2D eigenvalue weighted by Gasteiger charge is 2.23. The third kappa shape index (κ3) is 9.15. The number of oxime groups is 2. The van der Waals surface area contributed by atoms with Gasteiger partial charge in [-0.2, -0.15) is 0 Å². The van der Waals surface area contributed by atoms with Crippen LogP contribution in [0.2, 0.25) is 0 Å². The summed E-state index contributed by atoms with van der Waals surface area (Å²) in [6, 6.07) is 0. The minimum Gasteiger partial charge on any atom is -0.411 e. The maximum Gasteiger partial charge on any atom is 0.0734 e. The first-order chi connectivity index (χ1) is 11.6. The monoisotopic (exact) mass is 358 g/mol. The molecule has 0 heterocycles. The van der Waals surface area contributed by atoms with E-state index in [0.717, 1.165) is 39.3 Å². The SMILES string of the molecule is CNCCN(CCNC(C)(C)/C(C)=N\O)CCNC(C)(C)/C(C)=N/O. The summed E-state index contributed by atoms with van der Waals surface area (Å²) >= 11 is 0.